The topological polar surface area (TPSA) is 49.4 Å². The van der Waals surface area contributed by atoms with Crippen LogP contribution in [0.5, 0.6) is 0 Å². The highest BCUT2D eigenvalue weighted by molar-refractivity contribution is 6.53. The second kappa shape index (κ2) is 9.56. The Kier molecular flexibility index (Phi) is 7.05. The van der Waals surface area contributed by atoms with Crippen LogP contribution in [0.2, 0.25) is 15.1 Å². The van der Waals surface area contributed by atoms with Crippen molar-refractivity contribution in [2.75, 3.05) is 17.3 Å². The van der Waals surface area contributed by atoms with Gasteiger partial charge in [0, 0.05) is 34.4 Å². The molecule has 1 aliphatic rings. The van der Waals surface area contributed by atoms with Crippen LogP contribution in [-0.4, -0.2) is 23.2 Å². The fourth-order valence-corrected chi connectivity index (χ4v) is 5.33. The van der Waals surface area contributed by atoms with E-state index >= 15 is 0 Å². The van der Waals surface area contributed by atoms with Crippen molar-refractivity contribution in [1.29, 1.82) is 0 Å². The summed E-state index contributed by atoms with van der Waals surface area (Å²) in [6.07, 6.45) is 0. The van der Waals surface area contributed by atoms with Crippen LogP contribution in [-0.2, 0) is 4.79 Å². The van der Waals surface area contributed by atoms with Crippen molar-refractivity contribution >= 4 is 81.2 Å². The summed E-state index contributed by atoms with van der Waals surface area (Å²) in [4.78, 5) is 27.4. The maximum Gasteiger partial charge on any atom is 0.257 e. The van der Waals surface area contributed by atoms with Gasteiger partial charge in [-0.15, -0.1) is 23.2 Å². The first-order valence-electron chi connectivity index (χ1n) is 9.97. The van der Waals surface area contributed by atoms with Gasteiger partial charge in [0.15, 0.2) is 0 Å². The molecule has 3 aromatic rings. The van der Waals surface area contributed by atoms with E-state index < -0.39 is 27.9 Å². The maximum absolute atomic E-state index is 13.3. The van der Waals surface area contributed by atoms with Gasteiger partial charge in [0.05, 0.1) is 16.5 Å². The number of carbonyl (C=O) groups excluding carboxylic acids is 2. The SMILES string of the molecule is CN(C(=O)[C@H]1[C@H](c2cc(Cl)cc(Cl)c2)C1(Cl)Cl)c1ccc(Cl)c(C(=O)Nc2ccc(F)cc2)c1. The Morgan fingerprint density at radius 3 is 2.18 bits per heavy atom. The van der Waals surface area contributed by atoms with Gasteiger partial charge in [-0.2, -0.15) is 0 Å². The number of carbonyl (C=O) groups is 2. The van der Waals surface area contributed by atoms with Gasteiger partial charge in [-0.25, -0.2) is 4.39 Å². The molecular weight excluding hydrogens is 545 g/mol. The summed E-state index contributed by atoms with van der Waals surface area (Å²) < 4.78 is 11.8. The zero-order chi connectivity index (χ0) is 24.8. The molecule has 4 nitrogen and oxygen atoms in total. The lowest BCUT2D eigenvalue weighted by Gasteiger charge is -2.19. The van der Waals surface area contributed by atoms with Gasteiger partial charge in [-0.05, 0) is 66.2 Å². The second-order valence-corrected chi connectivity index (χ2v) is 10.6. The molecule has 2 amide bonds. The zero-order valence-corrected chi connectivity index (χ0v) is 21.2. The van der Waals surface area contributed by atoms with Crippen LogP contribution in [0.4, 0.5) is 15.8 Å². The summed E-state index contributed by atoms with van der Waals surface area (Å²) in [6.45, 7) is 0. The Morgan fingerprint density at radius 1 is 0.941 bits per heavy atom. The van der Waals surface area contributed by atoms with Crippen LogP contribution in [0.1, 0.15) is 21.8 Å². The van der Waals surface area contributed by atoms with Crippen LogP contribution in [0.25, 0.3) is 0 Å². The van der Waals surface area contributed by atoms with Crippen LogP contribution in [0, 0.1) is 11.7 Å². The van der Waals surface area contributed by atoms with Crippen molar-refractivity contribution in [2.45, 2.75) is 10.3 Å². The van der Waals surface area contributed by atoms with Crippen molar-refractivity contribution in [3.05, 3.63) is 92.7 Å². The summed E-state index contributed by atoms with van der Waals surface area (Å²) in [5.74, 6) is -2.54. The Hall–Kier alpha value is -2.02. The van der Waals surface area contributed by atoms with Crippen molar-refractivity contribution < 1.29 is 14.0 Å². The van der Waals surface area contributed by atoms with E-state index in [9.17, 15) is 14.0 Å². The lowest BCUT2D eigenvalue weighted by molar-refractivity contribution is -0.119. The predicted octanol–water partition coefficient (Wildman–Crippen LogP) is 7.59. The van der Waals surface area contributed by atoms with Gasteiger partial charge in [0.25, 0.3) is 5.91 Å². The summed E-state index contributed by atoms with van der Waals surface area (Å²) in [7, 11) is 1.55. The molecule has 0 radical (unpaired) electrons. The first-order chi connectivity index (χ1) is 16.0. The second-order valence-electron chi connectivity index (χ2n) is 7.86. The number of alkyl halides is 2. The molecule has 1 fully saturated rings. The third-order valence-corrected chi connectivity index (χ3v) is 7.28. The first-order valence-corrected chi connectivity index (χ1v) is 11.9. The average Bonchev–Trinajstić information content (AvgIpc) is 3.35. The minimum Gasteiger partial charge on any atom is -0.322 e. The van der Waals surface area contributed by atoms with E-state index in [-0.39, 0.29) is 16.5 Å². The van der Waals surface area contributed by atoms with Crippen molar-refractivity contribution in [3.63, 3.8) is 0 Å². The minimum atomic E-state index is -1.34. The van der Waals surface area contributed by atoms with Crippen LogP contribution >= 0.6 is 58.0 Å². The highest BCUT2D eigenvalue weighted by atomic mass is 35.5. The van der Waals surface area contributed by atoms with E-state index in [2.05, 4.69) is 5.32 Å². The third-order valence-electron chi connectivity index (χ3n) is 5.58. The quantitative estimate of drug-likeness (QED) is 0.327. The first kappa shape index (κ1) is 25.1. The zero-order valence-electron chi connectivity index (χ0n) is 17.5. The van der Waals surface area contributed by atoms with Crippen LogP contribution in [0.3, 0.4) is 0 Å². The number of hydrogen-bond donors (Lipinski definition) is 1. The highest BCUT2D eigenvalue weighted by Crippen LogP contribution is 2.65. The molecule has 3 aromatic carbocycles. The Labute approximate surface area is 220 Å². The summed E-state index contributed by atoms with van der Waals surface area (Å²) in [5.41, 5.74) is 1.61. The molecule has 0 saturated heterocycles. The molecule has 34 heavy (non-hydrogen) atoms. The van der Waals surface area contributed by atoms with Gasteiger partial charge in [-0.1, -0.05) is 34.8 Å². The molecule has 0 bridgehead atoms. The van der Waals surface area contributed by atoms with Gasteiger partial charge >= 0.3 is 0 Å². The lowest BCUT2D eigenvalue weighted by Crippen LogP contribution is -2.30. The molecule has 176 valence electrons. The molecule has 0 spiro atoms. The molecule has 0 aliphatic heterocycles. The molecule has 4 rings (SSSR count). The molecule has 0 unspecified atom stereocenters. The number of anilines is 2. The molecular formula is C24H16Cl5FN2O2. The van der Waals surface area contributed by atoms with E-state index in [4.69, 9.17) is 58.0 Å². The van der Waals surface area contributed by atoms with Crippen molar-refractivity contribution in [2.24, 2.45) is 5.92 Å². The van der Waals surface area contributed by atoms with Crippen LogP contribution in [0.15, 0.2) is 60.7 Å². The molecule has 0 aromatic heterocycles. The fraction of sp³-hybridized carbons (Fsp3) is 0.167. The van der Waals surface area contributed by atoms with E-state index in [1.54, 1.807) is 31.3 Å². The Balaban J connectivity index is 1.56. The van der Waals surface area contributed by atoms with E-state index in [1.165, 1.54) is 41.3 Å². The smallest absolute Gasteiger partial charge is 0.257 e. The standard InChI is InChI=1S/C24H16Cl5FN2O2/c1-32(23(34)21-20(24(21,28)29)12-8-13(25)10-14(26)9-12)17-6-7-19(27)18(11-17)22(33)31-16-4-2-15(30)3-5-16/h2-11,20-21H,1H3,(H,31,33)/t20-,21+/m0/s1. The van der Waals surface area contributed by atoms with Crippen LogP contribution < -0.4 is 10.2 Å². The molecule has 1 N–H and O–H groups in total. The van der Waals surface area contributed by atoms with E-state index in [0.29, 0.717) is 27.0 Å². The highest BCUT2D eigenvalue weighted by Gasteiger charge is 2.68. The average molecular weight is 561 g/mol. The summed E-state index contributed by atoms with van der Waals surface area (Å²) in [6, 6.07) is 14.8. The largest absolute Gasteiger partial charge is 0.322 e. The number of halogens is 6. The van der Waals surface area contributed by atoms with Crippen molar-refractivity contribution in [3.8, 4) is 0 Å². The number of nitrogens with one attached hydrogen (secondary N) is 1. The third kappa shape index (κ3) is 5.00. The molecule has 10 heteroatoms. The summed E-state index contributed by atoms with van der Waals surface area (Å²) in [5, 5.41) is 3.65. The monoisotopic (exact) mass is 558 g/mol. The van der Waals surface area contributed by atoms with E-state index in [0.717, 1.165) is 0 Å². The van der Waals surface area contributed by atoms with Gasteiger partial charge in [0.2, 0.25) is 5.91 Å². The van der Waals surface area contributed by atoms with Crippen molar-refractivity contribution in [1.82, 2.24) is 0 Å². The lowest BCUT2D eigenvalue weighted by atomic mass is 10.1. The number of amides is 2. The number of nitrogens with zero attached hydrogens (tertiary/aromatic N) is 1. The summed E-state index contributed by atoms with van der Waals surface area (Å²) >= 11 is 31.3. The number of rotatable bonds is 5. The number of hydrogen-bond acceptors (Lipinski definition) is 2. The molecule has 0 heterocycles. The minimum absolute atomic E-state index is 0.139. The predicted molar refractivity (Wildman–Crippen MR) is 136 cm³/mol. The van der Waals surface area contributed by atoms with Gasteiger partial charge in [-0.3, -0.25) is 9.59 Å². The Bertz CT molecular complexity index is 1260. The Morgan fingerprint density at radius 2 is 1.56 bits per heavy atom. The maximum atomic E-state index is 13.3. The van der Waals surface area contributed by atoms with E-state index in [1.807, 2.05) is 0 Å². The molecule has 1 aliphatic carbocycles. The molecule has 1 saturated carbocycles. The van der Waals surface area contributed by atoms with Gasteiger partial charge in [0.1, 0.15) is 10.2 Å². The fourth-order valence-electron chi connectivity index (χ4n) is 3.77. The normalized spacial score (nSPS) is 18.3. The number of benzene rings is 3. The molecule has 2 atom stereocenters. The van der Waals surface area contributed by atoms with Gasteiger partial charge < -0.3 is 10.2 Å².